The van der Waals surface area contributed by atoms with E-state index >= 15 is 0 Å². The Labute approximate surface area is 112 Å². The van der Waals surface area contributed by atoms with E-state index in [1.54, 1.807) is 0 Å². The number of hydrogen-bond acceptors (Lipinski definition) is 3. The van der Waals surface area contributed by atoms with Crippen molar-refractivity contribution in [3.8, 4) is 0 Å². The van der Waals surface area contributed by atoms with Gasteiger partial charge in [-0.2, -0.15) is 0 Å². The van der Waals surface area contributed by atoms with Gasteiger partial charge < -0.3 is 10.0 Å². The molecule has 0 bridgehead atoms. The van der Waals surface area contributed by atoms with E-state index in [1.165, 1.54) is 4.90 Å². The first-order valence-electron chi connectivity index (χ1n) is 6.39. The van der Waals surface area contributed by atoms with Crippen LogP contribution in [-0.2, 0) is 4.79 Å². The summed E-state index contributed by atoms with van der Waals surface area (Å²) >= 11 is 1.83. The van der Waals surface area contributed by atoms with Gasteiger partial charge in [0.1, 0.15) is 0 Å². The molecular weight excluding hydrogens is 246 g/mol. The Morgan fingerprint density at radius 2 is 2.17 bits per heavy atom. The summed E-state index contributed by atoms with van der Waals surface area (Å²) in [4.78, 5) is 14.5. The molecule has 1 fully saturated rings. The van der Waals surface area contributed by atoms with Crippen molar-refractivity contribution in [3.63, 3.8) is 0 Å². The zero-order chi connectivity index (χ0) is 12.8. The van der Waals surface area contributed by atoms with E-state index in [4.69, 9.17) is 5.11 Å². The molecule has 1 saturated heterocycles. The molecule has 1 N–H and O–H groups in total. The van der Waals surface area contributed by atoms with Gasteiger partial charge in [0.05, 0.1) is 5.92 Å². The molecule has 2 rings (SSSR count). The van der Waals surface area contributed by atoms with E-state index in [-0.39, 0.29) is 5.92 Å². The molecule has 1 heterocycles. The second-order valence-electron chi connectivity index (χ2n) is 4.64. The third-order valence-electron chi connectivity index (χ3n) is 3.27. The standard InChI is InChI=1S/C14H19NO2S/c16-14(17)12-5-4-8-15(11-12)9-10-18-13-6-2-1-3-7-13/h1-3,6-7,12H,4-5,8-11H2,(H,16,17). The topological polar surface area (TPSA) is 40.5 Å². The number of piperidine rings is 1. The van der Waals surface area contributed by atoms with Crippen molar-refractivity contribution in [2.75, 3.05) is 25.4 Å². The Kier molecular flexibility index (Phi) is 5.08. The van der Waals surface area contributed by atoms with Crippen LogP contribution in [0.3, 0.4) is 0 Å². The first kappa shape index (κ1) is 13.4. The highest BCUT2D eigenvalue weighted by molar-refractivity contribution is 7.99. The molecule has 0 aliphatic carbocycles. The Morgan fingerprint density at radius 3 is 2.89 bits per heavy atom. The van der Waals surface area contributed by atoms with Crippen LogP contribution in [0.5, 0.6) is 0 Å². The summed E-state index contributed by atoms with van der Waals surface area (Å²) in [5, 5.41) is 9.03. The summed E-state index contributed by atoms with van der Waals surface area (Å²) in [7, 11) is 0. The number of likely N-dealkylation sites (tertiary alicyclic amines) is 1. The van der Waals surface area contributed by atoms with E-state index in [0.29, 0.717) is 6.54 Å². The smallest absolute Gasteiger partial charge is 0.307 e. The van der Waals surface area contributed by atoms with Crippen LogP contribution in [0.4, 0.5) is 0 Å². The van der Waals surface area contributed by atoms with Gasteiger partial charge in [-0.05, 0) is 31.5 Å². The van der Waals surface area contributed by atoms with E-state index in [9.17, 15) is 4.79 Å². The van der Waals surface area contributed by atoms with Crippen LogP contribution in [0.15, 0.2) is 35.2 Å². The minimum absolute atomic E-state index is 0.166. The highest BCUT2D eigenvalue weighted by Crippen LogP contribution is 2.20. The van der Waals surface area contributed by atoms with E-state index in [2.05, 4.69) is 17.0 Å². The predicted molar refractivity (Wildman–Crippen MR) is 74.0 cm³/mol. The monoisotopic (exact) mass is 265 g/mol. The van der Waals surface area contributed by atoms with Gasteiger partial charge in [0, 0.05) is 23.7 Å². The maximum absolute atomic E-state index is 11.0. The molecule has 1 atom stereocenters. The van der Waals surface area contributed by atoms with Crippen LogP contribution in [0.25, 0.3) is 0 Å². The van der Waals surface area contributed by atoms with E-state index < -0.39 is 5.97 Å². The van der Waals surface area contributed by atoms with Crippen molar-refractivity contribution < 1.29 is 9.90 Å². The normalized spacial score (nSPS) is 20.8. The molecule has 0 radical (unpaired) electrons. The largest absolute Gasteiger partial charge is 0.481 e. The summed E-state index contributed by atoms with van der Waals surface area (Å²) in [6.07, 6.45) is 1.84. The van der Waals surface area contributed by atoms with E-state index in [0.717, 1.165) is 31.7 Å². The molecule has 4 heteroatoms. The van der Waals surface area contributed by atoms with Gasteiger partial charge >= 0.3 is 5.97 Å². The van der Waals surface area contributed by atoms with Crippen molar-refractivity contribution in [1.29, 1.82) is 0 Å². The number of benzene rings is 1. The SMILES string of the molecule is O=C(O)C1CCCN(CCSc2ccccc2)C1. The lowest BCUT2D eigenvalue weighted by Crippen LogP contribution is -2.39. The molecular formula is C14H19NO2S. The molecule has 0 aromatic heterocycles. The van der Waals surface area contributed by atoms with Crippen LogP contribution in [-0.4, -0.2) is 41.4 Å². The van der Waals surface area contributed by atoms with Crippen LogP contribution in [0.1, 0.15) is 12.8 Å². The van der Waals surface area contributed by atoms with Crippen LogP contribution >= 0.6 is 11.8 Å². The number of hydrogen-bond donors (Lipinski definition) is 1. The summed E-state index contributed by atoms with van der Waals surface area (Å²) in [6.45, 7) is 2.73. The third kappa shape index (κ3) is 4.03. The average Bonchev–Trinajstić information content (AvgIpc) is 2.40. The molecule has 0 saturated carbocycles. The van der Waals surface area contributed by atoms with Gasteiger partial charge in [-0.1, -0.05) is 18.2 Å². The van der Waals surface area contributed by atoms with Crippen molar-refractivity contribution >= 4 is 17.7 Å². The Hall–Kier alpha value is -1.00. The van der Waals surface area contributed by atoms with Crippen molar-refractivity contribution in [3.05, 3.63) is 30.3 Å². The Bertz CT molecular complexity index is 383. The van der Waals surface area contributed by atoms with Gasteiger partial charge in [0.25, 0.3) is 0 Å². The molecule has 0 amide bonds. The molecule has 1 aromatic rings. The van der Waals surface area contributed by atoms with Gasteiger partial charge in [-0.3, -0.25) is 4.79 Å². The molecule has 1 unspecified atom stereocenters. The molecule has 1 aliphatic rings. The lowest BCUT2D eigenvalue weighted by molar-refractivity contribution is -0.143. The molecule has 0 spiro atoms. The Morgan fingerprint density at radius 1 is 1.39 bits per heavy atom. The second-order valence-corrected chi connectivity index (χ2v) is 5.81. The van der Waals surface area contributed by atoms with Crippen molar-refractivity contribution in [2.24, 2.45) is 5.92 Å². The van der Waals surface area contributed by atoms with Crippen molar-refractivity contribution in [1.82, 2.24) is 4.90 Å². The number of carboxylic acids is 1. The van der Waals surface area contributed by atoms with E-state index in [1.807, 2.05) is 30.0 Å². The second kappa shape index (κ2) is 6.81. The molecule has 1 aromatic carbocycles. The zero-order valence-electron chi connectivity index (χ0n) is 10.4. The lowest BCUT2D eigenvalue weighted by Gasteiger charge is -2.30. The summed E-state index contributed by atoms with van der Waals surface area (Å²) < 4.78 is 0. The first-order valence-corrected chi connectivity index (χ1v) is 7.37. The molecule has 98 valence electrons. The fourth-order valence-corrected chi connectivity index (χ4v) is 3.20. The minimum Gasteiger partial charge on any atom is -0.481 e. The maximum atomic E-state index is 11.0. The van der Waals surface area contributed by atoms with Crippen LogP contribution in [0, 0.1) is 5.92 Å². The summed E-state index contributed by atoms with van der Waals surface area (Å²) in [5.41, 5.74) is 0. The fraction of sp³-hybridized carbons (Fsp3) is 0.500. The van der Waals surface area contributed by atoms with Gasteiger partial charge in [0.15, 0.2) is 0 Å². The van der Waals surface area contributed by atoms with Gasteiger partial charge in [-0.15, -0.1) is 11.8 Å². The maximum Gasteiger partial charge on any atom is 0.307 e. The third-order valence-corrected chi connectivity index (χ3v) is 4.27. The first-order chi connectivity index (χ1) is 8.75. The number of aliphatic carboxylic acids is 1. The summed E-state index contributed by atoms with van der Waals surface area (Å²) in [5.74, 6) is 0.215. The molecule has 18 heavy (non-hydrogen) atoms. The molecule has 3 nitrogen and oxygen atoms in total. The number of carboxylic acid groups (broad SMARTS) is 1. The number of rotatable bonds is 5. The number of carbonyl (C=O) groups is 1. The number of thioether (sulfide) groups is 1. The minimum atomic E-state index is -0.643. The van der Waals surface area contributed by atoms with Gasteiger partial charge in [0.2, 0.25) is 0 Å². The fourth-order valence-electron chi connectivity index (χ4n) is 2.27. The quantitative estimate of drug-likeness (QED) is 0.831. The Balaban J connectivity index is 1.72. The number of nitrogens with zero attached hydrogens (tertiary/aromatic N) is 1. The average molecular weight is 265 g/mol. The van der Waals surface area contributed by atoms with Crippen LogP contribution in [0.2, 0.25) is 0 Å². The highest BCUT2D eigenvalue weighted by atomic mass is 32.2. The lowest BCUT2D eigenvalue weighted by atomic mass is 9.98. The van der Waals surface area contributed by atoms with Gasteiger partial charge in [-0.25, -0.2) is 0 Å². The predicted octanol–water partition coefficient (Wildman–Crippen LogP) is 2.58. The summed E-state index contributed by atoms with van der Waals surface area (Å²) in [6, 6.07) is 10.3. The zero-order valence-corrected chi connectivity index (χ0v) is 11.2. The highest BCUT2D eigenvalue weighted by Gasteiger charge is 2.24. The molecule has 1 aliphatic heterocycles. The van der Waals surface area contributed by atoms with Crippen LogP contribution < -0.4 is 0 Å². The van der Waals surface area contributed by atoms with Crippen molar-refractivity contribution in [2.45, 2.75) is 17.7 Å².